The number of hydrogen-bond acceptors (Lipinski definition) is 7. The Bertz CT molecular complexity index is 1590. The van der Waals surface area contributed by atoms with Gasteiger partial charge in [0.15, 0.2) is 5.65 Å². The van der Waals surface area contributed by atoms with E-state index in [9.17, 15) is 0 Å². The number of hydrogen-bond donors (Lipinski definition) is 1. The van der Waals surface area contributed by atoms with Crippen LogP contribution in [0.15, 0.2) is 53.2 Å². The molecule has 0 atom stereocenters. The Kier molecular flexibility index (Phi) is 3.61. The Morgan fingerprint density at radius 3 is 2.45 bits per heavy atom. The number of para-hydroxylation sites is 2. The number of nitrogen functional groups attached to an aromatic ring is 1. The van der Waals surface area contributed by atoms with Crippen molar-refractivity contribution in [3.05, 3.63) is 54.1 Å². The summed E-state index contributed by atoms with van der Waals surface area (Å²) in [7, 11) is 0. The van der Waals surface area contributed by atoms with E-state index in [-0.39, 0.29) is 0 Å². The number of nitrogens with zero attached hydrogens (tertiary/aromatic N) is 7. The van der Waals surface area contributed by atoms with Crippen molar-refractivity contribution in [2.24, 2.45) is 0 Å². The fourth-order valence-corrected chi connectivity index (χ4v) is 4.06. The third-order valence-corrected chi connectivity index (χ3v) is 5.53. The van der Waals surface area contributed by atoms with E-state index in [1.54, 1.807) is 0 Å². The van der Waals surface area contributed by atoms with Crippen LogP contribution >= 0.6 is 0 Å². The molecule has 0 amide bonds. The predicted octanol–water partition coefficient (Wildman–Crippen LogP) is 3.88. The van der Waals surface area contributed by atoms with Gasteiger partial charge in [0.2, 0.25) is 11.3 Å². The molecular weight excluding hydrogens is 392 g/mol. The van der Waals surface area contributed by atoms with Crippen LogP contribution in [0, 0.1) is 6.92 Å². The molecule has 9 heteroatoms. The summed E-state index contributed by atoms with van der Waals surface area (Å²) in [5.41, 5.74) is 13.3. The molecule has 0 bridgehead atoms. The smallest absolute Gasteiger partial charge is 0.245 e. The average Bonchev–Trinajstić information content (AvgIpc) is 3.45. The monoisotopic (exact) mass is 410 g/mol. The summed E-state index contributed by atoms with van der Waals surface area (Å²) in [6.45, 7) is 4.85. The summed E-state index contributed by atoms with van der Waals surface area (Å²) < 4.78 is 8.86. The number of benzene rings is 2. The second-order valence-electron chi connectivity index (χ2n) is 7.41. The van der Waals surface area contributed by atoms with Crippen molar-refractivity contribution in [3.63, 3.8) is 0 Å². The van der Waals surface area contributed by atoms with Crippen molar-refractivity contribution < 1.29 is 4.63 Å². The summed E-state index contributed by atoms with van der Waals surface area (Å²) in [5, 5.41) is 7.74. The van der Waals surface area contributed by atoms with Crippen LogP contribution in [0.5, 0.6) is 0 Å². The van der Waals surface area contributed by atoms with Gasteiger partial charge in [-0.1, -0.05) is 29.8 Å². The molecule has 0 fully saturated rings. The molecule has 2 aromatic carbocycles. The van der Waals surface area contributed by atoms with Crippen LogP contribution in [0.25, 0.3) is 50.6 Å². The molecule has 0 aliphatic carbocycles. The van der Waals surface area contributed by atoms with Gasteiger partial charge in [0, 0.05) is 12.2 Å². The number of aromatic nitrogens is 7. The van der Waals surface area contributed by atoms with Crippen LogP contribution in [-0.2, 0) is 6.54 Å². The first-order valence-electron chi connectivity index (χ1n) is 9.98. The van der Waals surface area contributed by atoms with Crippen molar-refractivity contribution in [3.8, 4) is 17.1 Å². The number of rotatable bonds is 3. The minimum atomic E-state index is 0.328. The van der Waals surface area contributed by atoms with Crippen LogP contribution in [0.1, 0.15) is 12.5 Å². The SMILES string of the molecule is CCn1c(-c2c(N)n(-c3ccc(C)cc3)c3nc4nonc4nc23)nc2ccccc21. The van der Waals surface area contributed by atoms with E-state index in [0.717, 1.165) is 34.7 Å². The normalized spacial score (nSPS) is 11.8. The molecule has 6 rings (SSSR count). The molecule has 9 nitrogen and oxygen atoms in total. The maximum absolute atomic E-state index is 6.76. The highest BCUT2D eigenvalue weighted by Gasteiger charge is 2.26. The van der Waals surface area contributed by atoms with Crippen molar-refractivity contribution in [1.82, 2.24) is 34.4 Å². The fourth-order valence-electron chi connectivity index (χ4n) is 4.06. The largest absolute Gasteiger partial charge is 0.384 e. The number of imidazole rings is 1. The molecule has 0 aliphatic heterocycles. The summed E-state index contributed by atoms with van der Waals surface area (Å²) >= 11 is 0. The van der Waals surface area contributed by atoms with Gasteiger partial charge in [-0.2, -0.15) is 0 Å². The van der Waals surface area contributed by atoms with Gasteiger partial charge < -0.3 is 10.3 Å². The zero-order valence-electron chi connectivity index (χ0n) is 16.9. The summed E-state index contributed by atoms with van der Waals surface area (Å²) in [6, 6.07) is 16.1. The number of nitrogens with two attached hydrogens (primary N) is 1. The van der Waals surface area contributed by atoms with Crippen LogP contribution in [0.3, 0.4) is 0 Å². The van der Waals surface area contributed by atoms with E-state index in [4.69, 9.17) is 20.3 Å². The quantitative estimate of drug-likeness (QED) is 0.471. The zero-order valence-corrected chi connectivity index (χ0v) is 16.9. The summed E-state index contributed by atoms with van der Waals surface area (Å²) in [5.74, 6) is 1.25. The molecule has 4 aromatic heterocycles. The van der Waals surface area contributed by atoms with Gasteiger partial charge in [-0.25, -0.2) is 19.6 Å². The number of fused-ring (bicyclic) bond motifs is 3. The molecule has 0 unspecified atom stereocenters. The van der Waals surface area contributed by atoms with Crippen molar-refractivity contribution in [2.45, 2.75) is 20.4 Å². The van der Waals surface area contributed by atoms with Gasteiger partial charge >= 0.3 is 0 Å². The Balaban J connectivity index is 1.76. The molecule has 6 aromatic rings. The zero-order chi connectivity index (χ0) is 21.1. The molecular formula is C22H18N8O. The van der Waals surface area contributed by atoms with Gasteiger partial charge in [-0.05, 0) is 48.4 Å². The molecule has 152 valence electrons. The van der Waals surface area contributed by atoms with Crippen LogP contribution < -0.4 is 5.73 Å². The number of aryl methyl sites for hydroxylation is 2. The average molecular weight is 410 g/mol. The minimum Gasteiger partial charge on any atom is -0.384 e. The standard InChI is InChI=1S/C22H18N8O/c1-3-29-15-7-5-4-6-14(15)24-21(29)16-17-22(26-20-19(25-17)27-31-28-20)30(18(16)23)13-10-8-12(2)9-11-13/h4-11H,3,23H2,1-2H3. The third-order valence-electron chi connectivity index (χ3n) is 5.53. The first kappa shape index (κ1) is 17.6. The molecule has 0 radical (unpaired) electrons. The Morgan fingerprint density at radius 1 is 0.935 bits per heavy atom. The molecule has 0 saturated heterocycles. The van der Waals surface area contributed by atoms with Crippen LogP contribution in [-0.4, -0.2) is 34.4 Å². The molecule has 0 aliphatic rings. The first-order chi connectivity index (χ1) is 15.2. The Labute approximate surface area is 176 Å². The lowest BCUT2D eigenvalue weighted by Gasteiger charge is -2.09. The first-order valence-corrected chi connectivity index (χ1v) is 9.98. The fraction of sp³-hybridized carbons (Fsp3) is 0.136. The highest BCUT2D eigenvalue weighted by Crippen LogP contribution is 2.38. The van der Waals surface area contributed by atoms with Gasteiger partial charge in [0.1, 0.15) is 17.2 Å². The second-order valence-corrected chi connectivity index (χ2v) is 7.41. The van der Waals surface area contributed by atoms with E-state index in [1.807, 2.05) is 54.0 Å². The van der Waals surface area contributed by atoms with Crippen molar-refractivity contribution in [2.75, 3.05) is 5.73 Å². The van der Waals surface area contributed by atoms with Crippen molar-refractivity contribution >= 4 is 39.3 Å². The van der Waals surface area contributed by atoms with Crippen molar-refractivity contribution in [1.29, 1.82) is 0 Å². The van der Waals surface area contributed by atoms with Gasteiger partial charge in [-0.15, -0.1) is 0 Å². The molecule has 4 heterocycles. The van der Waals surface area contributed by atoms with Crippen LogP contribution in [0.4, 0.5) is 5.82 Å². The number of anilines is 1. The van der Waals surface area contributed by atoms with Gasteiger partial charge in [0.25, 0.3) is 0 Å². The highest BCUT2D eigenvalue weighted by molar-refractivity contribution is 6.01. The maximum atomic E-state index is 6.76. The van der Waals surface area contributed by atoms with Crippen LogP contribution in [0.2, 0.25) is 0 Å². The Morgan fingerprint density at radius 2 is 1.68 bits per heavy atom. The lowest BCUT2D eigenvalue weighted by Crippen LogP contribution is -2.03. The highest BCUT2D eigenvalue weighted by atomic mass is 16.6. The Hall–Kier alpha value is -4.27. The lowest BCUT2D eigenvalue weighted by atomic mass is 10.2. The summed E-state index contributed by atoms with van der Waals surface area (Å²) in [4.78, 5) is 14.3. The third kappa shape index (κ3) is 2.46. The van der Waals surface area contributed by atoms with E-state index >= 15 is 0 Å². The molecule has 31 heavy (non-hydrogen) atoms. The predicted molar refractivity (Wildman–Crippen MR) is 118 cm³/mol. The van der Waals surface area contributed by atoms with Gasteiger partial charge in [-0.3, -0.25) is 4.57 Å². The molecule has 0 saturated carbocycles. The topological polar surface area (TPSA) is 113 Å². The minimum absolute atomic E-state index is 0.328. The van der Waals surface area contributed by atoms with E-state index in [0.29, 0.717) is 33.8 Å². The van der Waals surface area contributed by atoms with E-state index < -0.39 is 0 Å². The van der Waals surface area contributed by atoms with E-state index in [1.165, 1.54) is 0 Å². The molecule has 2 N–H and O–H groups in total. The summed E-state index contributed by atoms with van der Waals surface area (Å²) in [6.07, 6.45) is 0. The van der Waals surface area contributed by atoms with Gasteiger partial charge in [0.05, 0.1) is 16.6 Å². The lowest BCUT2D eigenvalue weighted by molar-refractivity contribution is 0.314. The maximum Gasteiger partial charge on any atom is 0.245 e. The van der Waals surface area contributed by atoms with E-state index in [2.05, 4.69) is 32.9 Å². The second kappa shape index (κ2) is 6.36. The molecule has 0 spiro atoms.